The van der Waals surface area contributed by atoms with E-state index in [-0.39, 0.29) is 0 Å². The molecule has 0 atom stereocenters. The third-order valence-electron chi connectivity index (χ3n) is 3.59. The molecule has 0 saturated heterocycles. The van der Waals surface area contributed by atoms with Crippen molar-refractivity contribution in [2.45, 2.75) is 78.6 Å². The fourth-order valence-corrected chi connectivity index (χ4v) is 2.64. The second kappa shape index (κ2) is 9.19. The van der Waals surface area contributed by atoms with Crippen LogP contribution >= 0.6 is 0 Å². The van der Waals surface area contributed by atoms with Gasteiger partial charge in [0.1, 0.15) is 0 Å². The first-order valence-corrected chi connectivity index (χ1v) is 7.84. The molecule has 1 aromatic rings. The molecule has 0 unspecified atom stereocenters. The molecule has 0 fully saturated rings. The minimum absolute atomic E-state index is 1.23. The Bertz CT molecular complexity index is 325. The third kappa shape index (κ3) is 4.84. The molecule has 0 aliphatic carbocycles. The molecule has 0 heterocycles. The average molecular weight is 245 g/mol. The number of hydrogen-bond acceptors (Lipinski definition) is 0. The van der Waals surface area contributed by atoms with Gasteiger partial charge in [-0.3, -0.25) is 0 Å². The fourth-order valence-electron chi connectivity index (χ4n) is 2.64. The van der Waals surface area contributed by atoms with Gasteiger partial charge in [-0.25, -0.2) is 0 Å². The zero-order valence-electron chi connectivity index (χ0n) is 12.5. The highest BCUT2D eigenvalue weighted by molar-refractivity contribution is 5.35. The van der Waals surface area contributed by atoms with Gasteiger partial charge < -0.3 is 0 Å². The van der Waals surface area contributed by atoms with Crippen LogP contribution in [0.5, 0.6) is 0 Å². The van der Waals surface area contributed by atoms with Gasteiger partial charge in [-0.05, 0) is 48.4 Å². The second-order valence-corrected chi connectivity index (χ2v) is 5.27. The smallest absolute Gasteiger partial charge is 0.0146 e. The Kier molecular flexibility index (Phi) is 7.80. The first-order valence-electron chi connectivity index (χ1n) is 7.84. The van der Waals surface area contributed by atoms with Crippen LogP contribution in [0.2, 0.25) is 0 Å². The van der Waals surface area contributed by atoms with Crippen LogP contribution in [0, 0.1) is 6.07 Å². The Labute approximate surface area is 114 Å². The number of benzene rings is 1. The second-order valence-electron chi connectivity index (χ2n) is 5.27. The predicted molar refractivity (Wildman–Crippen MR) is 81.1 cm³/mol. The van der Waals surface area contributed by atoms with E-state index in [0.29, 0.717) is 0 Å². The van der Waals surface area contributed by atoms with Crippen LogP contribution in [0.4, 0.5) is 0 Å². The fraction of sp³-hybridized carbons (Fsp3) is 0.667. The lowest BCUT2D eigenvalue weighted by Gasteiger charge is -2.13. The summed E-state index contributed by atoms with van der Waals surface area (Å²) < 4.78 is 0. The van der Waals surface area contributed by atoms with E-state index in [2.05, 4.69) is 39.0 Å². The summed E-state index contributed by atoms with van der Waals surface area (Å²) in [6.45, 7) is 6.83. The van der Waals surface area contributed by atoms with Crippen molar-refractivity contribution in [1.82, 2.24) is 0 Å². The highest BCUT2D eigenvalue weighted by Gasteiger charge is 2.07. The van der Waals surface area contributed by atoms with E-state index < -0.39 is 0 Å². The van der Waals surface area contributed by atoms with Crippen LogP contribution in [0.15, 0.2) is 12.1 Å². The molecule has 0 aliphatic rings. The van der Waals surface area contributed by atoms with Gasteiger partial charge in [0.2, 0.25) is 0 Å². The third-order valence-corrected chi connectivity index (χ3v) is 3.59. The number of hydrogen-bond donors (Lipinski definition) is 0. The van der Waals surface area contributed by atoms with Gasteiger partial charge in [-0.2, -0.15) is 0 Å². The van der Waals surface area contributed by atoms with Crippen molar-refractivity contribution in [1.29, 1.82) is 0 Å². The predicted octanol–water partition coefficient (Wildman–Crippen LogP) is 5.51. The van der Waals surface area contributed by atoms with Crippen LogP contribution < -0.4 is 0 Å². The highest BCUT2D eigenvalue weighted by atomic mass is 14.1. The first-order chi connectivity index (χ1) is 8.83. The van der Waals surface area contributed by atoms with Crippen molar-refractivity contribution in [3.8, 4) is 0 Å². The van der Waals surface area contributed by atoms with E-state index in [1.165, 1.54) is 63.4 Å². The molecular formula is C18H29. The van der Waals surface area contributed by atoms with Crippen LogP contribution in [-0.4, -0.2) is 0 Å². The Morgan fingerprint density at radius 3 is 2.28 bits per heavy atom. The van der Waals surface area contributed by atoms with Gasteiger partial charge in [0.05, 0.1) is 0 Å². The van der Waals surface area contributed by atoms with Gasteiger partial charge in [0, 0.05) is 0 Å². The van der Waals surface area contributed by atoms with Crippen molar-refractivity contribution in [3.63, 3.8) is 0 Å². The van der Waals surface area contributed by atoms with Crippen molar-refractivity contribution >= 4 is 0 Å². The Balaban J connectivity index is 2.71. The van der Waals surface area contributed by atoms with Crippen LogP contribution in [0.3, 0.4) is 0 Å². The molecule has 0 spiro atoms. The van der Waals surface area contributed by atoms with Crippen molar-refractivity contribution in [2.24, 2.45) is 0 Å². The maximum atomic E-state index is 3.50. The van der Waals surface area contributed by atoms with Crippen molar-refractivity contribution in [3.05, 3.63) is 34.9 Å². The van der Waals surface area contributed by atoms with E-state index >= 15 is 0 Å². The lowest BCUT2D eigenvalue weighted by molar-refractivity contribution is 0.662. The molecule has 18 heavy (non-hydrogen) atoms. The summed E-state index contributed by atoms with van der Waals surface area (Å²) in [6.07, 6.45) is 11.6. The molecule has 0 heteroatoms. The zero-order chi connectivity index (χ0) is 13.2. The first kappa shape index (κ1) is 15.3. The lowest BCUT2D eigenvalue weighted by atomic mass is 9.92. The lowest BCUT2D eigenvalue weighted by Crippen LogP contribution is -2.01. The van der Waals surface area contributed by atoms with Gasteiger partial charge in [0.15, 0.2) is 0 Å². The monoisotopic (exact) mass is 245 g/mol. The number of rotatable bonds is 9. The minimum atomic E-state index is 1.23. The van der Waals surface area contributed by atoms with Crippen molar-refractivity contribution < 1.29 is 0 Å². The van der Waals surface area contributed by atoms with Crippen LogP contribution in [-0.2, 0) is 19.3 Å². The van der Waals surface area contributed by atoms with Gasteiger partial charge in [-0.1, -0.05) is 65.0 Å². The minimum Gasteiger partial charge on any atom is -0.0654 e. The molecule has 0 amide bonds. The molecule has 0 saturated carbocycles. The normalized spacial score (nSPS) is 10.8. The molecule has 0 aliphatic heterocycles. The van der Waals surface area contributed by atoms with Gasteiger partial charge in [-0.15, -0.1) is 0 Å². The summed E-state index contributed by atoms with van der Waals surface area (Å²) in [5.74, 6) is 0. The highest BCUT2D eigenvalue weighted by Crippen LogP contribution is 2.20. The molecular weight excluding hydrogens is 216 g/mol. The molecule has 1 aromatic carbocycles. The molecule has 1 rings (SSSR count). The zero-order valence-corrected chi connectivity index (χ0v) is 12.5. The maximum absolute atomic E-state index is 3.50. The molecule has 101 valence electrons. The van der Waals surface area contributed by atoms with E-state index in [4.69, 9.17) is 0 Å². The molecule has 0 nitrogen and oxygen atoms in total. The topological polar surface area (TPSA) is 0 Å². The van der Waals surface area contributed by atoms with Crippen LogP contribution in [0.1, 0.15) is 76.0 Å². The molecule has 1 radical (unpaired) electrons. The summed E-state index contributed by atoms with van der Waals surface area (Å²) in [5, 5.41) is 0. The summed E-state index contributed by atoms with van der Waals surface area (Å²) >= 11 is 0. The molecule has 0 aromatic heterocycles. The average Bonchev–Trinajstić information content (AvgIpc) is 2.38. The quantitative estimate of drug-likeness (QED) is 0.503. The standard InChI is InChI=1S/C18H29/c1-4-7-8-9-13-17-15-10-14-16(11-5-2)18(17)12-6-3/h10,14H,4-9,11-13H2,1-3H3. The Morgan fingerprint density at radius 2 is 1.61 bits per heavy atom. The summed E-state index contributed by atoms with van der Waals surface area (Å²) in [7, 11) is 0. The summed E-state index contributed by atoms with van der Waals surface area (Å²) in [4.78, 5) is 0. The van der Waals surface area contributed by atoms with E-state index in [0.717, 1.165) is 0 Å². The Hall–Kier alpha value is -0.780. The molecule has 0 N–H and O–H groups in total. The van der Waals surface area contributed by atoms with Gasteiger partial charge in [0.25, 0.3) is 0 Å². The number of aryl methyl sites for hydroxylation is 2. The van der Waals surface area contributed by atoms with Crippen molar-refractivity contribution in [2.75, 3.05) is 0 Å². The number of unbranched alkanes of at least 4 members (excludes halogenated alkanes) is 3. The summed E-state index contributed by atoms with van der Waals surface area (Å²) in [6, 6.07) is 7.92. The van der Waals surface area contributed by atoms with Gasteiger partial charge >= 0.3 is 0 Å². The van der Waals surface area contributed by atoms with E-state index in [1.807, 2.05) is 0 Å². The largest absolute Gasteiger partial charge is 0.0654 e. The molecule has 0 bridgehead atoms. The van der Waals surface area contributed by atoms with E-state index in [9.17, 15) is 0 Å². The van der Waals surface area contributed by atoms with Crippen LogP contribution in [0.25, 0.3) is 0 Å². The summed E-state index contributed by atoms with van der Waals surface area (Å²) in [5.41, 5.74) is 4.68. The SMILES string of the molecule is CCCCCCc1[c]ccc(CCC)c1CCC. The Morgan fingerprint density at radius 1 is 0.833 bits per heavy atom. The maximum Gasteiger partial charge on any atom is -0.0146 e. The van der Waals surface area contributed by atoms with E-state index in [1.54, 1.807) is 11.1 Å².